The van der Waals surface area contributed by atoms with Crippen LogP contribution in [0, 0.1) is 0 Å². The lowest BCUT2D eigenvalue weighted by atomic mass is 9.96. The third-order valence-corrected chi connectivity index (χ3v) is 5.80. The molecule has 0 amide bonds. The van der Waals surface area contributed by atoms with Crippen molar-refractivity contribution in [2.75, 3.05) is 24.6 Å². The van der Waals surface area contributed by atoms with Crippen LogP contribution in [0.1, 0.15) is 52.0 Å². The Labute approximate surface area is 191 Å². The van der Waals surface area contributed by atoms with Crippen LogP contribution >= 0.6 is 0 Å². The highest BCUT2D eigenvalue weighted by Gasteiger charge is 2.20. The van der Waals surface area contributed by atoms with Crippen LogP contribution in [-0.4, -0.2) is 37.1 Å². The Morgan fingerprint density at radius 1 is 1.09 bits per heavy atom. The van der Waals surface area contributed by atoms with E-state index in [9.17, 15) is 0 Å². The van der Waals surface area contributed by atoms with E-state index in [-0.39, 0.29) is 5.60 Å². The number of aliphatic imine (C=N–C) groups is 1. The molecule has 2 N–H and O–H groups in total. The largest absolute Gasteiger partial charge is 0.490 e. The minimum Gasteiger partial charge on any atom is -0.490 e. The standard InChI is InChI=1S/C27H35N3O2/c1-27(2,3)31-19-21(28)18-25(20-9-6-12-23(17-20)32-22-10-7-11-22)29-24-13-4-5-14-26(24)30-15-8-16-30/h4-6,9,12-14,17-18,22H,7-8,10-11,15-16,19,28H2,1-3H3. The first kappa shape index (κ1) is 22.4. The van der Waals surface area contributed by atoms with Gasteiger partial charge in [-0.1, -0.05) is 24.3 Å². The van der Waals surface area contributed by atoms with Crippen LogP contribution in [0.5, 0.6) is 5.75 Å². The number of anilines is 1. The summed E-state index contributed by atoms with van der Waals surface area (Å²) >= 11 is 0. The van der Waals surface area contributed by atoms with Crippen molar-refractivity contribution in [1.82, 2.24) is 0 Å². The predicted octanol–water partition coefficient (Wildman–Crippen LogP) is 5.61. The van der Waals surface area contributed by atoms with Crippen LogP contribution in [-0.2, 0) is 4.74 Å². The molecule has 0 spiro atoms. The number of allylic oxidation sites excluding steroid dienone is 1. The molecule has 1 aliphatic carbocycles. The van der Waals surface area contributed by atoms with E-state index in [1.807, 2.05) is 45.0 Å². The fourth-order valence-electron chi connectivity index (χ4n) is 3.62. The van der Waals surface area contributed by atoms with Crippen LogP contribution in [0.4, 0.5) is 11.4 Å². The lowest BCUT2D eigenvalue weighted by molar-refractivity contribution is 0.0107. The van der Waals surface area contributed by atoms with Gasteiger partial charge in [-0.15, -0.1) is 0 Å². The quantitative estimate of drug-likeness (QED) is 0.550. The molecule has 1 saturated heterocycles. The predicted molar refractivity (Wildman–Crippen MR) is 132 cm³/mol. The summed E-state index contributed by atoms with van der Waals surface area (Å²) in [7, 11) is 0. The maximum Gasteiger partial charge on any atom is 0.120 e. The zero-order valence-electron chi connectivity index (χ0n) is 19.5. The Bertz CT molecular complexity index is 982. The summed E-state index contributed by atoms with van der Waals surface area (Å²) in [5, 5.41) is 0. The van der Waals surface area contributed by atoms with E-state index in [1.165, 1.54) is 12.8 Å². The summed E-state index contributed by atoms with van der Waals surface area (Å²) in [6, 6.07) is 16.5. The smallest absolute Gasteiger partial charge is 0.120 e. The molecule has 0 unspecified atom stereocenters. The fourth-order valence-corrected chi connectivity index (χ4v) is 3.62. The van der Waals surface area contributed by atoms with Gasteiger partial charge in [0, 0.05) is 24.4 Å². The molecule has 5 nitrogen and oxygen atoms in total. The van der Waals surface area contributed by atoms with Crippen LogP contribution in [0.25, 0.3) is 0 Å². The van der Waals surface area contributed by atoms with E-state index < -0.39 is 0 Å². The van der Waals surface area contributed by atoms with Crippen LogP contribution in [0.15, 0.2) is 65.3 Å². The summed E-state index contributed by atoms with van der Waals surface area (Å²) in [5.74, 6) is 0.883. The van der Waals surface area contributed by atoms with Gasteiger partial charge >= 0.3 is 0 Å². The summed E-state index contributed by atoms with van der Waals surface area (Å²) in [4.78, 5) is 7.44. The van der Waals surface area contributed by atoms with Gasteiger partial charge in [0.15, 0.2) is 0 Å². The summed E-state index contributed by atoms with van der Waals surface area (Å²) in [6.07, 6.45) is 7.00. The Balaban J connectivity index is 1.67. The number of hydrogen-bond acceptors (Lipinski definition) is 5. The maximum atomic E-state index is 6.37. The van der Waals surface area contributed by atoms with Gasteiger partial charge in [0.1, 0.15) is 5.75 Å². The highest BCUT2D eigenvalue weighted by atomic mass is 16.5. The van der Waals surface area contributed by atoms with Crippen molar-refractivity contribution in [1.29, 1.82) is 0 Å². The van der Waals surface area contributed by atoms with E-state index in [4.69, 9.17) is 20.2 Å². The Kier molecular flexibility index (Phi) is 6.85. The summed E-state index contributed by atoms with van der Waals surface area (Å²) in [6.45, 7) is 8.59. The second-order valence-corrected chi connectivity index (χ2v) is 9.65. The van der Waals surface area contributed by atoms with Crippen molar-refractivity contribution in [3.05, 3.63) is 65.9 Å². The zero-order chi connectivity index (χ0) is 22.6. The monoisotopic (exact) mass is 433 g/mol. The fraction of sp³-hybridized carbons (Fsp3) is 0.444. The highest BCUT2D eigenvalue weighted by Crippen LogP contribution is 2.33. The summed E-state index contributed by atoms with van der Waals surface area (Å²) in [5.41, 5.74) is 10.7. The van der Waals surface area contributed by atoms with E-state index >= 15 is 0 Å². The molecule has 2 fully saturated rings. The van der Waals surface area contributed by atoms with Crippen molar-refractivity contribution in [2.24, 2.45) is 10.7 Å². The van der Waals surface area contributed by atoms with E-state index in [0.717, 1.165) is 54.3 Å². The van der Waals surface area contributed by atoms with Crippen molar-refractivity contribution >= 4 is 17.1 Å². The molecule has 32 heavy (non-hydrogen) atoms. The number of rotatable bonds is 8. The second-order valence-electron chi connectivity index (χ2n) is 9.65. The van der Waals surface area contributed by atoms with E-state index in [2.05, 4.69) is 35.2 Å². The first-order valence-corrected chi connectivity index (χ1v) is 11.7. The Morgan fingerprint density at radius 2 is 1.88 bits per heavy atom. The van der Waals surface area contributed by atoms with Gasteiger partial charge in [0.2, 0.25) is 0 Å². The first-order chi connectivity index (χ1) is 15.4. The first-order valence-electron chi connectivity index (χ1n) is 11.7. The molecule has 0 atom stereocenters. The molecule has 0 radical (unpaired) electrons. The molecule has 4 rings (SSSR count). The number of nitrogens with zero attached hydrogens (tertiary/aromatic N) is 2. The third-order valence-electron chi connectivity index (χ3n) is 5.80. The number of ether oxygens (including phenoxy) is 2. The van der Waals surface area contributed by atoms with Crippen LogP contribution in [0.2, 0.25) is 0 Å². The van der Waals surface area contributed by atoms with Crippen LogP contribution < -0.4 is 15.4 Å². The van der Waals surface area contributed by atoms with Gasteiger partial charge in [-0.2, -0.15) is 0 Å². The van der Waals surface area contributed by atoms with E-state index in [0.29, 0.717) is 18.4 Å². The SMILES string of the molecule is CC(C)(C)OCC(N)=CC(=Nc1ccccc1N1CCC1)c1cccc(OC2CCC2)c1. The van der Waals surface area contributed by atoms with Gasteiger partial charge in [0.25, 0.3) is 0 Å². The topological polar surface area (TPSA) is 60.1 Å². The molecule has 0 bridgehead atoms. The molecule has 5 heteroatoms. The zero-order valence-corrected chi connectivity index (χ0v) is 19.5. The van der Waals surface area contributed by atoms with Crippen molar-refractivity contribution in [2.45, 2.75) is 58.2 Å². The number of hydrogen-bond donors (Lipinski definition) is 1. The van der Waals surface area contributed by atoms with Crippen molar-refractivity contribution in [3.63, 3.8) is 0 Å². The Hall–Kier alpha value is -2.79. The molecular weight excluding hydrogens is 398 g/mol. The lowest BCUT2D eigenvalue weighted by Gasteiger charge is -2.34. The van der Waals surface area contributed by atoms with Gasteiger partial charge < -0.3 is 20.1 Å². The molecular formula is C27H35N3O2. The van der Waals surface area contributed by atoms with Gasteiger partial charge in [0.05, 0.1) is 35.4 Å². The molecule has 2 aliphatic rings. The Morgan fingerprint density at radius 3 is 2.53 bits per heavy atom. The van der Waals surface area contributed by atoms with E-state index in [1.54, 1.807) is 0 Å². The number of nitrogens with two attached hydrogens (primary N) is 1. The molecule has 2 aromatic rings. The lowest BCUT2D eigenvalue weighted by Crippen LogP contribution is -2.36. The minimum absolute atomic E-state index is 0.254. The molecule has 1 aliphatic heterocycles. The average Bonchev–Trinajstić information content (AvgIpc) is 2.68. The van der Waals surface area contributed by atoms with Gasteiger partial charge in [-0.3, -0.25) is 0 Å². The van der Waals surface area contributed by atoms with Gasteiger partial charge in [-0.25, -0.2) is 4.99 Å². The number of para-hydroxylation sites is 2. The van der Waals surface area contributed by atoms with Crippen molar-refractivity contribution < 1.29 is 9.47 Å². The molecule has 1 saturated carbocycles. The minimum atomic E-state index is -0.254. The molecule has 0 aromatic heterocycles. The third kappa shape index (κ3) is 5.92. The van der Waals surface area contributed by atoms with Crippen molar-refractivity contribution in [3.8, 4) is 5.75 Å². The molecule has 2 aromatic carbocycles. The normalized spacial score (nSPS) is 17.7. The summed E-state index contributed by atoms with van der Waals surface area (Å²) < 4.78 is 12.0. The number of benzene rings is 2. The molecule has 1 heterocycles. The average molecular weight is 434 g/mol. The second kappa shape index (κ2) is 9.78. The van der Waals surface area contributed by atoms with Gasteiger partial charge in [-0.05, 0) is 76.8 Å². The molecule has 170 valence electrons. The highest BCUT2D eigenvalue weighted by molar-refractivity contribution is 6.10. The maximum absolute atomic E-state index is 6.37. The van der Waals surface area contributed by atoms with Crippen LogP contribution in [0.3, 0.4) is 0 Å².